The van der Waals surface area contributed by atoms with E-state index >= 15 is 0 Å². The van der Waals surface area contributed by atoms with Crippen molar-refractivity contribution in [3.63, 3.8) is 0 Å². The van der Waals surface area contributed by atoms with Crippen molar-refractivity contribution in [3.8, 4) is 0 Å². The van der Waals surface area contributed by atoms with Crippen LogP contribution < -0.4 is 38.1 Å². The second kappa shape index (κ2) is 21.5. The maximum absolute atomic E-state index is 13.6. The van der Waals surface area contributed by atoms with E-state index in [0.29, 0.717) is 32.2 Å². The molecule has 0 fully saturated rings. The van der Waals surface area contributed by atoms with Gasteiger partial charge < -0.3 is 43.2 Å². The summed E-state index contributed by atoms with van der Waals surface area (Å²) in [6.07, 6.45) is 2.68. The summed E-state index contributed by atoms with van der Waals surface area (Å²) in [5, 5.41) is 23.1. The molecule has 0 radical (unpaired) electrons. The normalized spacial score (nSPS) is 16.6. The van der Waals surface area contributed by atoms with Crippen molar-refractivity contribution in [1.82, 2.24) is 26.6 Å². The van der Waals surface area contributed by atoms with Crippen LogP contribution in [-0.4, -0.2) is 83.4 Å². The monoisotopic (exact) mass is 655 g/mol. The molecule has 0 rings (SSSR count). The van der Waals surface area contributed by atoms with Crippen LogP contribution in [0.1, 0.15) is 101 Å². The maximum Gasteiger partial charge on any atom is 0.326 e. The Morgan fingerprint density at radius 2 is 1.04 bits per heavy atom. The van der Waals surface area contributed by atoms with Crippen LogP contribution >= 0.6 is 0 Å². The summed E-state index contributed by atoms with van der Waals surface area (Å²) in [5.41, 5.74) is 11.2. The third kappa shape index (κ3) is 14.9. The first-order valence-electron chi connectivity index (χ1n) is 16.6. The lowest BCUT2D eigenvalue weighted by atomic mass is 9.95. The van der Waals surface area contributed by atoms with E-state index in [0.717, 1.165) is 0 Å². The number of carbonyl (C=O) groups excluding carboxylic acids is 5. The van der Waals surface area contributed by atoms with E-state index in [-0.39, 0.29) is 30.6 Å². The fraction of sp³-hybridized carbons (Fsp3) is 0.812. The van der Waals surface area contributed by atoms with Crippen LogP contribution in [0.4, 0.5) is 0 Å². The number of aliphatic carboxylic acids is 1. The molecule has 0 aromatic carbocycles. The van der Waals surface area contributed by atoms with Crippen molar-refractivity contribution in [1.29, 1.82) is 0 Å². The van der Waals surface area contributed by atoms with Gasteiger partial charge in [0.15, 0.2) is 0 Å². The zero-order valence-corrected chi connectivity index (χ0v) is 29.3. The number of nitrogens with one attached hydrogen (secondary N) is 5. The molecule has 0 aromatic heterocycles. The predicted molar refractivity (Wildman–Crippen MR) is 177 cm³/mol. The van der Waals surface area contributed by atoms with Gasteiger partial charge in [0.05, 0.1) is 6.04 Å². The summed E-state index contributed by atoms with van der Waals surface area (Å²) in [6, 6.07) is -6.02. The SMILES string of the molecule is CC[C@H](C)[C@H](NC(=O)[C@H](C)N)C(=O)N[C@@H](CC(C)C)C(=O)N[C@H](C(=O)N[C@H](C(=O)N[C@@H](CCCCN)C(=O)O)[C@@H](C)CC)C(C)C. The molecule has 0 spiro atoms. The molecule has 0 aliphatic heterocycles. The van der Waals surface area contributed by atoms with Crippen LogP contribution in [0.5, 0.6) is 0 Å². The van der Waals surface area contributed by atoms with Gasteiger partial charge in [-0.2, -0.15) is 0 Å². The summed E-state index contributed by atoms with van der Waals surface area (Å²) in [4.78, 5) is 78.0. The third-order valence-corrected chi connectivity index (χ3v) is 8.15. The molecule has 0 unspecified atom stereocenters. The van der Waals surface area contributed by atoms with E-state index in [1.807, 2.05) is 34.6 Å². The van der Waals surface area contributed by atoms with Gasteiger partial charge >= 0.3 is 5.97 Å². The first-order valence-corrected chi connectivity index (χ1v) is 16.6. The highest BCUT2D eigenvalue weighted by Crippen LogP contribution is 2.14. The van der Waals surface area contributed by atoms with E-state index in [4.69, 9.17) is 11.5 Å². The van der Waals surface area contributed by atoms with Crippen LogP contribution in [0.15, 0.2) is 0 Å². The van der Waals surface area contributed by atoms with E-state index in [1.54, 1.807) is 20.8 Å². The molecule has 0 saturated heterocycles. The first-order chi connectivity index (χ1) is 21.4. The minimum Gasteiger partial charge on any atom is -0.480 e. The third-order valence-electron chi connectivity index (χ3n) is 8.15. The number of hydrogen-bond acceptors (Lipinski definition) is 8. The lowest BCUT2D eigenvalue weighted by Gasteiger charge is -2.31. The molecule has 0 aliphatic carbocycles. The van der Waals surface area contributed by atoms with Crippen LogP contribution in [0.2, 0.25) is 0 Å². The van der Waals surface area contributed by atoms with Crippen molar-refractivity contribution in [2.45, 2.75) is 137 Å². The summed E-state index contributed by atoms with van der Waals surface area (Å²) in [6.45, 7) is 16.5. The molecule has 0 aliphatic rings. The number of hydrogen-bond donors (Lipinski definition) is 8. The van der Waals surface area contributed by atoms with Crippen molar-refractivity contribution in [2.24, 2.45) is 35.1 Å². The fourth-order valence-electron chi connectivity index (χ4n) is 4.70. The van der Waals surface area contributed by atoms with Gasteiger partial charge in [-0.15, -0.1) is 0 Å². The zero-order valence-electron chi connectivity index (χ0n) is 29.3. The molecule has 0 heterocycles. The van der Waals surface area contributed by atoms with Gasteiger partial charge in [0.2, 0.25) is 29.5 Å². The molecule has 8 atom stereocenters. The minimum absolute atomic E-state index is 0.00593. The van der Waals surface area contributed by atoms with E-state index in [2.05, 4.69) is 26.6 Å². The van der Waals surface area contributed by atoms with Gasteiger partial charge in [0.25, 0.3) is 0 Å². The number of carboxylic acids is 1. The molecule has 14 heteroatoms. The average Bonchev–Trinajstić information content (AvgIpc) is 2.98. The highest BCUT2D eigenvalue weighted by Gasteiger charge is 2.36. The Hall–Kier alpha value is -3.26. The van der Waals surface area contributed by atoms with Crippen molar-refractivity contribution >= 4 is 35.5 Å². The van der Waals surface area contributed by atoms with Crippen molar-refractivity contribution in [3.05, 3.63) is 0 Å². The zero-order chi connectivity index (χ0) is 35.7. The smallest absolute Gasteiger partial charge is 0.326 e. The standard InChI is InChI=1S/C32H61N7O7/c1-10-19(7)25(38-27(40)21(9)34)31(44)36-23(16-17(3)4)28(41)37-24(18(5)6)29(42)39-26(20(8)11-2)30(43)35-22(32(45)46)14-12-13-15-33/h17-26H,10-16,33-34H2,1-9H3,(H,35,43)(H,36,44)(H,37,41)(H,38,40)(H,39,42)(H,45,46)/t19-,20-,21-,22-,23-,24-,25-,26-/m0/s1. The number of carbonyl (C=O) groups is 6. The quantitative estimate of drug-likeness (QED) is 0.0768. The second-order valence-corrected chi connectivity index (χ2v) is 13.1. The van der Waals surface area contributed by atoms with Crippen LogP contribution in [0.3, 0.4) is 0 Å². The van der Waals surface area contributed by atoms with Gasteiger partial charge in [-0.1, -0.05) is 68.2 Å². The first kappa shape index (κ1) is 42.7. The highest BCUT2D eigenvalue weighted by molar-refractivity contribution is 5.96. The molecule has 0 saturated carbocycles. The Morgan fingerprint density at radius 1 is 0.609 bits per heavy atom. The number of amides is 5. The Morgan fingerprint density at radius 3 is 1.43 bits per heavy atom. The van der Waals surface area contributed by atoms with Crippen LogP contribution in [0, 0.1) is 23.7 Å². The van der Waals surface area contributed by atoms with Crippen molar-refractivity contribution < 1.29 is 33.9 Å². The Bertz CT molecular complexity index is 1010. The van der Waals surface area contributed by atoms with Gasteiger partial charge in [0, 0.05) is 0 Å². The Kier molecular flexibility index (Phi) is 20.0. The summed E-state index contributed by atoms with van der Waals surface area (Å²) < 4.78 is 0. The molecule has 14 nitrogen and oxygen atoms in total. The maximum atomic E-state index is 13.6. The average molecular weight is 656 g/mol. The minimum atomic E-state index is -1.18. The number of unbranched alkanes of at least 4 members (excludes halogenated alkanes) is 1. The van der Waals surface area contributed by atoms with Crippen LogP contribution in [0.25, 0.3) is 0 Å². The molecule has 5 amide bonds. The lowest BCUT2D eigenvalue weighted by molar-refractivity contribution is -0.143. The Labute approximate surface area is 274 Å². The topological polar surface area (TPSA) is 235 Å². The number of rotatable bonds is 22. The van der Waals surface area contributed by atoms with E-state index < -0.39 is 77.7 Å². The molecular formula is C32H61N7O7. The molecule has 0 bridgehead atoms. The summed E-state index contributed by atoms with van der Waals surface area (Å²) in [7, 11) is 0. The molecule has 266 valence electrons. The summed E-state index contributed by atoms with van der Waals surface area (Å²) in [5.74, 6) is -5.05. The predicted octanol–water partition coefficient (Wildman–Crippen LogP) is 0.766. The molecule has 0 aromatic rings. The molecule has 10 N–H and O–H groups in total. The number of nitrogens with two attached hydrogens (primary N) is 2. The van der Waals surface area contributed by atoms with Gasteiger partial charge in [-0.05, 0) is 62.8 Å². The lowest BCUT2D eigenvalue weighted by Crippen LogP contribution is -2.61. The van der Waals surface area contributed by atoms with Crippen molar-refractivity contribution in [2.75, 3.05) is 6.54 Å². The van der Waals surface area contributed by atoms with Gasteiger partial charge in [0.1, 0.15) is 30.2 Å². The second-order valence-electron chi connectivity index (χ2n) is 13.1. The van der Waals surface area contributed by atoms with Gasteiger partial charge in [-0.3, -0.25) is 24.0 Å². The summed E-state index contributed by atoms with van der Waals surface area (Å²) >= 11 is 0. The highest BCUT2D eigenvalue weighted by atomic mass is 16.4. The number of carboxylic acid groups (broad SMARTS) is 1. The molecule has 46 heavy (non-hydrogen) atoms. The fourth-order valence-corrected chi connectivity index (χ4v) is 4.70. The van der Waals surface area contributed by atoms with Gasteiger partial charge in [-0.25, -0.2) is 4.79 Å². The largest absolute Gasteiger partial charge is 0.480 e. The Balaban J connectivity index is 6.02. The van der Waals surface area contributed by atoms with E-state index in [9.17, 15) is 33.9 Å². The van der Waals surface area contributed by atoms with E-state index in [1.165, 1.54) is 6.92 Å². The molecular weight excluding hydrogens is 594 g/mol. The van der Waals surface area contributed by atoms with Crippen LogP contribution in [-0.2, 0) is 28.8 Å².